The smallest absolute Gasteiger partial charge is 0.204 e. The average Bonchev–Trinajstić information content (AvgIpc) is 2.58. The molecule has 88 valence electrons. The van der Waals surface area contributed by atoms with Gasteiger partial charge in [0, 0.05) is 10.0 Å². The monoisotopic (exact) mass is 328 g/mol. The summed E-state index contributed by atoms with van der Waals surface area (Å²) in [5.41, 5.74) is 2.74. The van der Waals surface area contributed by atoms with E-state index in [9.17, 15) is 4.79 Å². The van der Waals surface area contributed by atoms with E-state index in [1.807, 2.05) is 38.1 Å². The summed E-state index contributed by atoms with van der Waals surface area (Å²) in [7, 11) is 0. The van der Waals surface area contributed by atoms with Crippen LogP contribution in [0.25, 0.3) is 0 Å². The summed E-state index contributed by atoms with van der Waals surface area (Å²) >= 11 is 10.7. The van der Waals surface area contributed by atoms with Crippen LogP contribution in [0.3, 0.4) is 0 Å². The van der Waals surface area contributed by atoms with Crippen molar-refractivity contribution in [3.63, 3.8) is 0 Å². The van der Waals surface area contributed by atoms with Gasteiger partial charge in [0.1, 0.15) is 0 Å². The quantitative estimate of drug-likeness (QED) is 0.708. The molecule has 1 aromatic heterocycles. The van der Waals surface area contributed by atoms with E-state index in [-0.39, 0.29) is 5.78 Å². The Hall–Kier alpha value is -0.640. The number of ketones is 1. The first kappa shape index (κ1) is 12.8. The molecule has 1 heterocycles. The van der Waals surface area contributed by atoms with Gasteiger partial charge in [-0.15, -0.1) is 11.3 Å². The number of aryl methyl sites for hydroxylation is 2. The van der Waals surface area contributed by atoms with Gasteiger partial charge < -0.3 is 0 Å². The largest absolute Gasteiger partial charge is 0.288 e. The van der Waals surface area contributed by atoms with E-state index in [1.165, 1.54) is 11.3 Å². The number of halogens is 2. The molecular weight excluding hydrogens is 320 g/mol. The van der Waals surface area contributed by atoms with E-state index in [1.54, 1.807) is 0 Å². The van der Waals surface area contributed by atoms with Crippen molar-refractivity contribution in [2.75, 3.05) is 0 Å². The Morgan fingerprint density at radius 3 is 2.53 bits per heavy atom. The molecular formula is C13H10BrClOS. The first-order valence-electron chi connectivity index (χ1n) is 5.06. The summed E-state index contributed by atoms with van der Waals surface area (Å²) in [4.78, 5) is 12.9. The van der Waals surface area contributed by atoms with Crippen LogP contribution < -0.4 is 0 Å². The predicted octanol–water partition coefficient (Wildman–Crippen LogP) is 5.01. The first-order chi connectivity index (χ1) is 7.99. The van der Waals surface area contributed by atoms with Gasteiger partial charge in [-0.25, -0.2) is 0 Å². The van der Waals surface area contributed by atoms with Crippen LogP contribution in [-0.4, -0.2) is 5.78 Å². The highest BCUT2D eigenvalue weighted by Gasteiger charge is 2.16. The molecule has 0 aliphatic rings. The van der Waals surface area contributed by atoms with Gasteiger partial charge in [-0.05, 0) is 43.2 Å². The van der Waals surface area contributed by atoms with Gasteiger partial charge >= 0.3 is 0 Å². The molecule has 1 aromatic carbocycles. The van der Waals surface area contributed by atoms with Crippen molar-refractivity contribution < 1.29 is 4.79 Å². The Kier molecular flexibility index (Phi) is 3.71. The van der Waals surface area contributed by atoms with Crippen LogP contribution in [0.5, 0.6) is 0 Å². The van der Waals surface area contributed by atoms with Crippen molar-refractivity contribution in [2.45, 2.75) is 13.8 Å². The van der Waals surface area contributed by atoms with E-state index >= 15 is 0 Å². The fraction of sp³-hybridized carbons (Fsp3) is 0.154. The topological polar surface area (TPSA) is 17.1 Å². The summed E-state index contributed by atoms with van der Waals surface area (Å²) in [5.74, 6) is 0.0110. The molecule has 0 saturated carbocycles. The van der Waals surface area contributed by atoms with E-state index in [0.29, 0.717) is 14.8 Å². The fourth-order valence-electron chi connectivity index (χ4n) is 1.51. The second kappa shape index (κ2) is 4.92. The third-order valence-electron chi connectivity index (χ3n) is 2.45. The summed E-state index contributed by atoms with van der Waals surface area (Å²) < 4.78 is 1.50. The molecule has 0 spiro atoms. The minimum Gasteiger partial charge on any atom is -0.288 e. The third-order valence-corrected chi connectivity index (χ3v) is 4.66. The van der Waals surface area contributed by atoms with Crippen LogP contribution >= 0.6 is 38.9 Å². The number of rotatable bonds is 2. The fourth-order valence-corrected chi connectivity index (χ4v) is 3.34. The Labute approximate surface area is 118 Å². The SMILES string of the molecule is Cc1ccc(C(=O)c2cc(C)c(Cl)s2)c(Br)c1. The molecule has 0 atom stereocenters. The standard InChI is InChI=1S/C13H10BrClOS/c1-7-3-4-9(10(14)5-7)12(16)11-6-8(2)13(15)17-11/h3-6H,1-2H3. The molecule has 0 unspecified atom stereocenters. The van der Waals surface area contributed by atoms with Crippen molar-refractivity contribution in [2.24, 2.45) is 0 Å². The molecule has 1 nitrogen and oxygen atoms in total. The number of carbonyl (C=O) groups excluding carboxylic acids is 1. The summed E-state index contributed by atoms with van der Waals surface area (Å²) in [6.45, 7) is 3.89. The van der Waals surface area contributed by atoms with E-state index < -0.39 is 0 Å². The summed E-state index contributed by atoms with van der Waals surface area (Å²) in [6.07, 6.45) is 0. The van der Waals surface area contributed by atoms with Crippen LogP contribution in [0.1, 0.15) is 26.4 Å². The summed E-state index contributed by atoms with van der Waals surface area (Å²) in [5, 5.41) is 0. The molecule has 0 radical (unpaired) electrons. The highest BCUT2D eigenvalue weighted by atomic mass is 79.9. The number of hydrogen-bond donors (Lipinski definition) is 0. The minimum atomic E-state index is 0.0110. The third kappa shape index (κ3) is 2.62. The van der Waals surface area contributed by atoms with Crippen LogP contribution in [0, 0.1) is 13.8 Å². The number of benzene rings is 1. The molecule has 2 rings (SSSR count). The molecule has 0 N–H and O–H groups in total. The first-order valence-corrected chi connectivity index (χ1v) is 7.04. The van der Waals surface area contributed by atoms with Crippen molar-refractivity contribution in [3.8, 4) is 0 Å². The van der Waals surface area contributed by atoms with E-state index in [0.717, 1.165) is 15.6 Å². The average molecular weight is 330 g/mol. The molecule has 0 saturated heterocycles. The zero-order valence-corrected chi connectivity index (χ0v) is 12.5. The zero-order valence-electron chi connectivity index (χ0n) is 9.38. The van der Waals surface area contributed by atoms with Crippen LogP contribution in [0.15, 0.2) is 28.7 Å². The molecule has 17 heavy (non-hydrogen) atoms. The van der Waals surface area contributed by atoms with Crippen molar-refractivity contribution in [3.05, 3.63) is 54.6 Å². The normalized spacial score (nSPS) is 10.6. The maximum atomic E-state index is 12.3. The number of thiophene rings is 1. The lowest BCUT2D eigenvalue weighted by molar-refractivity contribution is 0.104. The van der Waals surface area contributed by atoms with Gasteiger partial charge in [-0.1, -0.05) is 33.6 Å². The van der Waals surface area contributed by atoms with E-state index in [2.05, 4.69) is 15.9 Å². The summed E-state index contributed by atoms with van der Waals surface area (Å²) in [6, 6.07) is 7.54. The molecule has 4 heteroatoms. The van der Waals surface area contributed by atoms with Crippen molar-refractivity contribution >= 4 is 44.7 Å². The van der Waals surface area contributed by atoms with E-state index in [4.69, 9.17) is 11.6 Å². The van der Waals surface area contributed by atoms with Crippen molar-refractivity contribution in [1.82, 2.24) is 0 Å². The van der Waals surface area contributed by atoms with Gasteiger partial charge in [0.15, 0.2) is 0 Å². The van der Waals surface area contributed by atoms with Gasteiger partial charge in [0.2, 0.25) is 5.78 Å². The maximum absolute atomic E-state index is 12.3. The second-order valence-electron chi connectivity index (χ2n) is 3.88. The zero-order chi connectivity index (χ0) is 12.6. The number of hydrogen-bond acceptors (Lipinski definition) is 2. The minimum absolute atomic E-state index is 0.0110. The lowest BCUT2D eigenvalue weighted by Crippen LogP contribution is -1.99. The Morgan fingerprint density at radius 2 is 2.00 bits per heavy atom. The molecule has 0 amide bonds. The Balaban J connectivity index is 2.43. The molecule has 0 fully saturated rings. The molecule has 0 aliphatic carbocycles. The molecule has 0 aliphatic heterocycles. The maximum Gasteiger partial charge on any atom is 0.204 e. The Morgan fingerprint density at radius 1 is 1.29 bits per heavy atom. The lowest BCUT2D eigenvalue weighted by Gasteiger charge is -2.02. The van der Waals surface area contributed by atoms with Crippen molar-refractivity contribution in [1.29, 1.82) is 0 Å². The Bertz CT molecular complexity index is 570. The highest BCUT2D eigenvalue weighted by molar-refractivity contribution is 9.10. The lowest BCUT2D eigenvalue weighted by atomic mass is 10.1. The molecule has 0 bridgehead atoms. The second-order valence-corrected chi connectivity index (χ2v) is 6.39. The van der Waals surface area contributed by atoms with Gasteiger partial charge in [-0.3, -0.25) is 4.79 Å². The van der Waals surface area contributed by atoms with Crippen LogP contribution in [0.2, 0.25) is 4.34 Å². The van der Waals surface area contributed by atoms with Gasteiger partial charge in [0.05, 0.1) is 9.21 Å². The molecule has 2 aromatic rings. The predicted molar refractivity (Wildman–Crippen MR) is 76.4 cm³/mol. The van der Waals surface area contributed by atoms with Gasteiger partial charge in [0.25, 0.3) is 0 Å². The van der Waals surface area contributed by atoms with Gasteiger partial charge in [-0.2, -0.15) is 0 Å². The van der Waals surface area contributed by atoms with Crippen LogP contribution in [0.4, 0.5) is 0 Å². The number of carbonyl (C=O) groups is 1. The highest BCUT2D eigenvalue weighted by Crippen LogP contribution is 2.30. The van der Waals surface area contributed by atoms with Crippen LogP contribution in [-0.2, 0) is 0 Å².